The van der Waals surface area contributed by atoms with Gasteiger partial charge in [-0.2, -0.15) is 0 Å². The van der Waals surface area contributed by atoms with E-state index in [1.165, 1.54) is 0 Å². The Morgan fingerprint density at radius 3 is 2.55 bits per heavy atom. The maximum atomic E-state index is 9.83. The third-order valence-electron chi connectivity index (χ3n) is 3.21. The number of phenolic OH excluding ortho intramolecular Hbond substituents is 1. The van der Waals surface area contributed by atoms with Gasteiger partial charge >= 0.3 is 0 Å². The van der Waals surface area contributed by atoms with E-state index in [9.17, 15) is 10.2 Å². The van der Waals surface area contributed by atoms with Gasteiger partial charge in [-0.05, 0) is 23.8 Å². The summed E-state index contributed by atoms with van der Waals surface area (Å²) in [5.74, 6) is 0.905. The lowest BCUT2D eigenvalue weighted by Crippen LogP contribution is -2.24. The van der Waals surface area contributed by atoms with Gasteiger partial charge in [-0.3, -0.25) is 0 Å². The molecule has 0 aliphatic heterocycles. The van der Waals surface area contributed by atoms with Crippen molar-refractivity contribution in [2.45, 2.75) is 12.6 Å². The molecule has 0 saturated heterocycles. The first-order valence-electron chi connectivity index (χ1n) is 6.49. The Balaban J connectivity index is 2.07. The predicted molar refractivity (Wildman–Crippen MR) is 77.8 cm³/mol. The number of nitrogens with one attached hydrogen (secondary N) is 1. The van der Waals surface area contributed by atoms with E-state index in [4.69, 9.17) is 4.74 Å². The molecule has 0 radical (unpaired) electrons. The summed E-state index contributed by atoms with van der Waals surface area (Å²) in [5.41, 5.74) is 1.75. The summed E-state index contributed by atoms with van der Waals surface area (Å²) in [4.78, 5) is 0. The summed E-state index contributed by atoms with van der Waals surface area (Å²) in [6.07, 6.45) is 0. The third kappa shape index (κ3) is 3.50. The zero-order valence-electron chi connectivity index (χ0n) is 11.4. The highest BCUT2D eigenvalue weighted by molar-refractivity contribution is 5.39. The number of phenols is 1. The first kappa shape index (κ1) is 14.4. The summed E-state index contributed by atoms with van der Waals surface area (Å²) in [7, 11) is 1.59. The minimum Gasteiger partial charge on any atom is -0.508 e. The Morgan fingerprint density at radius 1 is 1.15 bits per heavy atom. The van der Waals surface area contributed by atoms with Crippen molar-refractivity contribution in [1.29, 1.82) is 0 Å². The molecular formula is C16H19NO3. The third-order valence-corrected chi connectivity index (χ3v) is 3.21. The molecule has 0 aliphatic rings. The van der Waals surface area contributed by atoms with Gasteiger partial charge in [0.15, 0.2) is 0 Å². The number of rotatable bonds is 6. The molecule has 0 amide bonds. The van der Waals surface area contributed by atoms with Gasteiger partial charge in [0.25, 0.3) is 0 Å². The number of aromatic hydroxyl groups is 1. The minimum absolute atomic E-state index is 0.00521. The molecule has 0 heterocycles. The van der Waals surface area contributed by atoms with Crippen LogP contribution < -0.4 is 10.1 Å². The molecule has 1 unspecified atom stereocenters. The van der Waals surface area contributed by atoms with E-state index in [1.807, 2.05) is 30.3 Å². The Hall–Kier alpha value is -2.04. The molecule has 0 fully saturated rings. The van der Waals surface area contributed by atoms with Crippen molar-refractivity contribution in [2.75, 3.05) is 13.7 Å². The Kier molecular flexibility index (Phi) is 4.98. The van der Waals surface area contributed by atoms with Crippen LogP contribution in [-0.2, 0) is 6.54 Å². The average molecular weight is 273 g/mol. The number of ether oxygens (including phenoxy) is 1. The number of hydrogen-bond acceptors (Lipinski definition) is 4. The van der Waals surface area contributed by atoms with Gasteiger partial charge in [-0.25, -0.2) is 0 Å². The largest absolute Gasteiger partial charge is 0.508 e. The molecule has 0 bridgehead atoms. The summed E-state index contributed by atoms with van der Waals surface area (Å²) in [5, 5.41) is 22.5. The van der Waals surface area contributed by atoms with E-state index in [-0.39, 0.29) is 18.4 Å². The molecule has 2 rings (SSSR count). The quantitative estimate of drug-likeness (QED) is 0.755. The fraction of sp³-hybridized carbons (Fsp3) is 0.250. The van der Waals surface area contributed by atoms with Crippen molar-refractivity contribution in [3.8, 4) is 11.5 Å². The van der Waals surface area contributed by atoms with Gasteiger partial charge in [0.1, 0.15) is 11.5 Å². The fourth-order valence-corrected chi connectivity index (χ4v) is 2.04. The van der Waals surface area contributed by atoms with Gasteiger partial charge in [0.05, 0.1) is 19.8 Å². The molecule has 20 heavy (non-hydrogen) atoms. The van der Waals surface area contributed by atoms with Gasteiger partial charge in [0, 0.05) is 12.1 Å². The van der Waals surface area contributed by atoms with Crippen LogP contribution >= 0.6 is 0 Å². The molecule has 1 atom stereocenters. The molecule has 0 saturated carbocycles. The minimum atomic E-state index is -0.165. The summed E-state index contributed by atoms with van der Waals surface area (Å²) in [6, 6.07) is 14.6. The second-order valence-electron chi connectivity index (χ2n) is 4.52. The lowest BCUT2D eigenvalue weighted by Gasteiger charge is -2.17. The van der Waals surface area contributed by atoms with Crippen LogP contribution in [0.15, 0.2) is 48.5 Å². The SMILES string of the molecule is COc1ccc(O)c(CNC(CO)c2ccccc2)c1. The molecule has 4 heteroatoms. The number of hydrogen-bond donors (Lipinski definition) is 3. The zero-order valence-corrected chi connectivity index (χ0v) is 11.4. The maximum Gasteiger partial charge on any atom is 0.120 e. The van der Waals surface area contributed by atoms with E-state index in [0.29, 0.717) is 12.3 Å². The number of benzene rings is 2. The van der Waals surface area contributed by atoms with Gasteiger partial charge in [0.2, 0.25) is 0 Å². The van der Waals surface area contributed by atoms with E-state index < -0.39 is 0 Å². The Bertz CT molecular complexity index is 543. The standard InChI is InChI=1S/C16H19NO3/c1-20-14-7-8-16(19)13(9-14)10-17-15(11-18)12-5-3-2-4-6-12/h2-9,15,17-19H,10-11H2,1H3. The average Bonchev–Trinajstić information content (AvgIpc) is 2.50. The normalized spacial score (nSPS) is 12.1. The van der Waals surface area contributed by atoms with Crippen molar-refractivity contribution in [3.05, 3.63) is 59.7 Å². The van der Waals surface area contributed by atoms with Crippen LogP contribution in [0, 0.1) is 0 Å². The number of aliphatic hydroxyl groups excluding tert-OH is 1. The van der Waals surface area contributed by atoms with Gasteiger partial charge in [-0.15, -0.1) is 0 Å². The van der Waals surface area contributed by atoms with Crippen LogP contribution in [0.5, 0.6) is 11.5 Å². The first-order valence-corrected chi connectivity index (χ1v) is 6.49. The van der Waals surface area contributed by atoms with E-state index in [1.54, 1.807) is 25.3 Å². The second-order valence-corrected chi connectivity index (χ2v) is 4.52. The first-order chi connectivity index (χ1) is 9.74. The van der Waals surface area contributed by atoms with Crippen molar-refractivity contribution < 1.29 is 14.9 Å². The van der Waals surface area contributed by atoms with E-state index in [0.717, 1.165) is 11.1 Å². The molecule has 0 aromatic heterocycles. The zero-order chi connectivity index (χ0) is 14.4. The van der Waals surface area contributed by atoms with Crippen LogP contribution in [0.25, 0.3) is 0 Å². The second kappa shape index (κ2) is 6.93. The lowest BCUT2D eigenvalue weighted by atomic mass is 10.1. The van der Waals surface area contributed by atoms with Crippen LogP contribution in [0.4, 0.5) is 0 Å². The number of methoxy groups -OCH3 is 1. The maximum absolute atomic E-state index is 9.83. The molecule has 106 valence electrons. The van der Waals surface area contributed by atoms with Gasteiger partial charge in [-0.1, -0.05) is 30.3 Å². The van der Waals surface area contributed by atoms with Gasteiger partial charge < -0.3 is 20.3 Å². The fourth-order valence-electron chi connectivity index (χ4n) is 2.04. The highest BCUT2D eigenvalue weighted by atomic mass is 16.5. The molecule has 2 aromatic rings. The molecule has 2 aromatic carbocycles. The topological polar surface area (TPSA) is 61.7 Å². The number of aliphatic hydroxyl groups is 1. The summed E-state index contributed by atoms with van der Waals surface area (Å²) < 4.78 is 5.14. The summed E-state index contributed by atoms with van der Waals surface area (Å²) in [6.45, 7) is 0.442. The van der Waals surface area contributed by atoms with E-state index >= 15 is 0 Å². The van der Waals surface area contributed by atoms with Crippen LogP contribution in [0.2, 0.25) is 0 Å². The van der Waals surface area contributed by atoms with Crippen LogP contribution in [0.1, 0.15) is 17.2 Å². The highest BCUT2D eigenvalue weighted by Gasteiger charge is 2.11. The summed E-state index contributed by atoms with van der Waals surface area (Å²) >= 11 is 0. The Morgan fingerprint density at radius 2 is 1.90 bits per heavy atom. The van der Waals surface area contributed by atoms with Crippen molar-refractivity contribution in [1.82, 2.24) is 5.32 Å². The van der Waals surface area contributed by atoms with E-state index in [2.05, 4.69) is 5.32 Å². The molecule has 3 N–H and O–H groups in total. The lowest BCUT2D eigenvalue weighted by molar-refractivity contribution is 0.243. The van der Waals surface area contributed by atoms with Crippen molar-refractivity contribution >= 4 is 0 Å². The monoisotopic (exact) mass is 273 g/mol. The highest BCUT2D eigenvalue weighted by Crippen LogP contribution is 2.23. The Labute approximate surface area is 118 Å². The van der Waals surface area contributed by atoms with Crippen molar-refractivity contribution in [3.63, 3.8) is 0 Å². The molecular weight excluding hydrogens is 254 g/mol. The van der Waals surface area contributed by atoms with Crippen molar-refractivity contribution in [2.24, 2.45) is 0 Å². The molecule has 0 aliphatic carbocycles. The predicted octanol–water partition coefficient (Wildman–Crippen LogP) is 2.22. The smallest absolute Gasteiger partial charge is 0.120 e. The molecule has 4 nitrogen and oxygen atoms in total. The van der Waals surface area contributed by atoms with Crippen LogP contribution in [-0.4, -0.2) is 23.9 Å². The molecule has 0 spiro atoms. The van der Waals surface area contributed by atoms with Crippen LogP contribution in [0.3, 0.4) is 0 Å².